The normalized spacial score (nSPS) is 16.7. The number of benzene rings is 1. The second kappa shape index (κ2) is 7.27. The number of nitrogens with one attached hydrogen (secondary N) is 1. The van der Waals surface area contributed by atoms with E-state index in [4.69, 9.17) is 0 Å². The van der Waals surface area contributed by atoms with Gasteiger partial charge in [-0.2, -0.15) is 5.10 Å². The average Bonchev–Trinajstić information content (AvgIpc) is 3.02. The summed E-state index contributed by atoms with van der Waals surface area (Å²) < 4.78 is 1.71. The molecule has 134 valence electrons. The first-order valence-corrected chi connectivity index (χ1v) is 8.83. The molecule has 2 amide bonds. The number of hydrogen-bond donors (Lipinski definition) is 2. The maximum absolute atomic E-state index is 12.7. The molecule has 3 rings (SSSR count). The van der Waals surface area contributed by atoms with Crippen LogP contribution in [0.15, 0.2) is 36.5 Å². The van der Waals surface area contributed by atoms with Gasteiger partial charge in [-0.3, -0.25) is 4.68 Å². The number of aliphatic hydroxyl groups is 1. The summed E-state index contributed by atoms with van der Waals surface area (Å²) >= 11 is 0. The molecule has 0 aliphatic carbocycles. The minimum Gasteiger partial charge on any atom is -0.396 e. The third kappa shape index (κ3) is 3.69. The zero-order chi connectivity index (χ0) is 17.9. The minimum absolute atomic E-state index is 0.0275. The number of anilines is 1. The zero-order valence-electron chi connectivity index (χ0n) is 14.9. The molecule has 1 aromatic carbocycles. The van der Waals surface area contributed by atoms with Gasteiger partial charge in [-0.25, -0.2) is 4.79 Å². The van der Waals surface area contributed by atoms with E-state index in [9.17, 15) is 9.90 Å². The van der Waals surface area contributed by atoms with Crippen LogP contribution < -0.4 is 5.32 Å². The summed E-state index contributed by atoms with van der Waals surface area (Å²) in [4.78, 5) is 14.5. The average molecular weight is 342 g/mol. The quantitative estimate of drug-likeness (QED) is 0.897. The first kappa shape index (κ1) is 17.5. The molecule has 0 bridgehead atoms. The Hall–Kier alpha value is -2.34. The Labute approximate surface area is 148 Å². The van der Waals surface area contributed by atoms with Gasteiger partial charge in [0.2, 0.25) is 0 Å². The van der Waals surface area contributed by atoms with Crippen molar-refractivity contribution in [3.05, 3.63) is 36.5 Å². The van der Waals surface area contributed by atoms with Crippen molar-refractivity contribution in [1.29, 1.82) is 0 Å². The van der Waals surface area contributed by atoms with Gasteiger partial charge in [0.15, 0.2) is 0 Å². The molecule has 1 saturated heterocycles. The minimum atomic E-state index is -0.104. The van der Waals surface area contributed by atoms with E-state index in [1.807, 2.05) is 48.5 Å². The maximum Gasteiger partial charge on any atom is 0.321 e. The molecule has 6 nitrogen and oxygen atoms in total. The number of hydrogen-bond acceptors (Lipinski definition) is 3. The van der Waals surface area contributed by atoms with Crippen molar-refractivity contribution >= 4 is 11.7 Å². The van der Waals surface area contributed by atoms with Gasteiger partial charge in [-0.15, -0.1) is 0 Å². The molecule has 2 aromatic rings. The Bertz CT molecular complexity index is 712. The number of urea groups is 1. The number of aryl methyl sites for hydroxylation is 1. The fraction of sp³-hybridized carbons (Fsp3) is 0.474. The lowest BCUT2D eigenvalue weighted by molar-refractivity contribution is 0.0542. The first-order valence-electron chi connectivity index (χ1n) is 8.83. The first-order chi connectivity index (χ1) is 12.1. The van der Waals surface area contributed by atoms with Gasteiger partial charge in [0, 0.05) is 38.5 Å². The van der Waals surface area contributed by atoms with Gasteiger partial charge in [-0.05, 0) is 24.7 Å². The highest BCUT2D eigenvalue weighted by Crippen LogP contribution is 2.34. The molecule has 2 N–H and O–H groups in total. The topological polar surface area (TPSA) is 70.4 Å². The van der Waals surface area contributed by atoms with E-state index in [-0.39, 0.29) is 18.1 Å². The summed E-state index contributed by atoms with van der Waals surface area (Å²) in [6, 6.07) is 9.73. The van der Waals surface area contributed by atoms with Crippen LogP contribution in [0.4, 0.5) is 10.5 Å². The van der Waals surface area contributed by atoms with E-state index in [0.717, 1.165) is 30.5 Å². The molecule has 2 heterocycles. The number of aromatic nitrogens is 2. The van der Waals surface area contributed by atoms with E-state index in [1.165, 1.54) is 0 Å². The molecule has 6 heteroatoms. The molecule has 1 aliphatic rings. The maximum atomic E-state index is 12.7. The SMILES string of the molecule is CCC1(CO)CCN(C(=O)Nc2cn(C)nc2-c2ccccc2)CC1. The molecule has 1 aliphatic heterocycles. The third-order valence-electron chi connectivity index (χ3n) is 5.31. The highest BCUT2D eigenvalue weighted by Gasteiger charge is 2.34. The number of likely N-dealkylation sites (tertiary alicyclic amines) is 1. The molecule has 0 saturated carbocycles. The number of carbonyl (C=O) groups excluding carboxylic acids is 1. The summed E-state index contributed by atoms with van der Waals surface area (Å²) in [5.41, 5.74) is 2.43. The van der Waals surface area contributed by atoms with Crippen molar-refractivity contribution in [2.24, 2.45) is 12.5 Å². The van der Waals surface area contributed by atoms with E-state index >= 15 is 0 Å². The Kier molecular flexibility index (Phi) is 5.08. The second-order valence-corrected chi connectivity index (χ2v) is 6.86. The zero-order valence-corrected chi connectivity index (χ0v) is 14.9. The van der Waals surface area contributed by atoms with E-state index in [1.54, 1.807) is 4.68 Å². The molecular formula is C19H26N4O2. The summed E-state index contributed by atoms with van der Waals surface area (Å²) in [6.45, 7) is 3.63. The molecule has 25 heavy (non-hydrogen) atoms. The van der Waals surface area contributed by atoms with Crippen LogP contribution in [0.2, 0.25) is 0 Å². The highest BCUT2D eigenvalue weighted by atomic mass is 16.3. The van der Waals surface area contributed by atoms with Crippen LogP contribution in [-0.4, -0.2) is 45.5 Å². The van der Waals surface area contributed by atoms with Crippen molar-refractivity contribution in [3.63, 3.8) is 0 Å². The van der Waals surface area contributed by atoms with Gasteiger partial charge in [0.25, 0.3) is 0 Å². The van der Waals surface area contributed by atoms with Crippen LogP contribution >= 0.6 is 0 Å². The molecule has 1 fully saturated rings. The van der Waals surface area contributed by atoms with Crippen molar-refractivity contribution < 1.29 is 9.90 Å². The molecule has 0 spiro atoms. The number of aliphatic hydroxyl groups excluding tert-OH is 1. The van der Waals surface area contributed by atoms with Crippen LogP contribution in [-0.2, 0) is 7.05 Å². The number of rotatable bonds is 4. The largest absolute Gasteiger partial charge is 0.396 e. The lowest BCUT2D eigenvalue weighted by Gasteiger charge is -2.40. The Balaban J connectivity index is 1.71. The van der Waals surface area contributed by atoms with Crippen LogP contribution in [0.5, 0.6) is 0 Å². The van der Waals surface area contributed by atoms with Gasteiger partial charge >= 0.3 is 6.03 Å². The Morgan fingerprint density at radius 2 is 1.96 bits per heavy atom. The van der Waals surface area contributed by atoms with Crippen molar-refractivity contribution in [1.82, 2.24) is 14.7 Å². The standard InChI is InChI=1S/C19H26N4O2/c1-3-19(14-24)9-11-23(12-10-19)18(25)20-16-13-22(2)21-17(16)15-7-5-4-6-8-15/h4-8,13,24H,3,9-12,14H2,1-2H3,(H,20,25). The van der Waals surface area contributed by atoms with Crippen LogP contribution in [0.1, 0.15) is 26.2 Å². The Morgan fingerprint density at radius 1 is 1.28 bits per heavy atom. The van der Waals surface area contributed by atoms with Crippen molar-refractivity contribution in [2.75, 3.05) is 25.0 Å². The fourth-order valence-electron chi connectivity index (χ4n) is 3.39. The second-order valence-electron chi connectivity index (χ2n) is 6.86. The van der Waals surface area contributed by atoms with E-state index in [0.29, 0.717) is 18.8 Å². The number of carbonyl (C=O) groups is 1. The number of amides is 2. The summed E-state index contributed by atoms with van der Waals surface area (Å²) in [7, 11) is 1.85. The predicted molar refractivity (Wildman–Crippen MR) is 98.3 cm³/mol. The number of nitrogens with zero attached hydrogens (tertiary/aromatic N) is 3. The summed E-state index contributed by atoms with van der Waals surface area (Å²) in [6.07, 6.45) is 4.45. The fourth-order valence-corrected chi connectivity index (χ4v) is 3.39. The van der Waals surface area contributed by atoms with E-state index < -0.39 is 0 Å². The molecule has 0 atom stereocenters. The van der Waals surface area contributed by atoms with Crippen LogP contribution in [0, 0.1) is 5.41 Å². The Morgan fingerprint density at radius 3 is 2.56 bits per heavy atom. The summed E-state index contributed by atoms with van der Waals surface area (Å²) in [5.74, 6) is 0. The van der Waals surface area contributed by atoms with Crippen molar-refractivity contribution in [3.8, 4) is 11.3 Å². The van der Waals surface area contributed by atoms with Gasteiger partial charge in [0.05, 0.1) is 5.69 Å². The lowest BCUT2D eigenvalue weighted by atomic mass is 9.77. The van der Waals surface area contributed by atoms with Crippen molar-refractivity contribution in [2.45, 2.75) is 26.2 Å². The number of piperidine rings is 1. The molecular weight excluding hydrogens is 316 g/mol. The van der Waals surface area contributed by atoms with Gasteiger partial charge < -0.3 is 15.3 Å². The third-order valence-corrected chi connectivity index (χ3v) is 5.31. The molecule has 0 unspecified atom stereocenters. The monoisotopic (exact) mass is 342 g/mol. The highest BCUT2D eigenvalue weighted by molar-refractivity contribution is 5.93. The van der Waals surface area contributed by atoms with Crippen LogP contribution in [0.3, 0.4) is 0 Å². The summed E-state index contributed by atoms with van der Waals surface area (Å²) in [5, 5.41) is 17.1. The van der Waals surface area contributed by atoms with Gasteiger partial charge in [-0.1, -0.05) is 37.3 Å². The molecule has 0 radical (unpaired) electrons. The van der Waals surface area contributed by atoms with E-state index in [2.05, 4.69) is 17.3 Å². The van der Waals surface area contributed by atoms with Gasteiger partial charge in [0.1, 0.15) is 5.69 Å². The van der Waals surface area contributed by atoms with Crippen LogP contribution in [0.25, 0.3) is 11.3 Å². The smallest absolute Gasteiger partial charge is 0.321 e. The molecule has 1 aromatic heterocycles. The lowest BCUT2D eigenvalue weighted by Crippen LogP contribution is -2.46. The predicted octanol–water partition coefficient (Wildman–Crippen LogP) is 3.10.